The highest BCUT2D eigenvalue weighted by Crippen LogP contribution is 2.45. The van der Waals surface area contributed by atoms with E-state index in [1.54, 1.807) is 0 Å². The largest absolute Gasteiger partial charge is 0.357 e. The Bertz CT molecular complexity index is 642. The molecule has 0 bridgehead atoms. The molecule has 0 atom stereocenters. The van der Waals surface area contributed by atoms with E-state index < -0.39 is 0 Å². The van der Waals surface area contributed by atoms with Crippen LogP contribution < -0.4 is 15.5 Å². The SMILES string of the molecule is CCNC(=NCc1ccc(N2CCN(C)CC2)nc1)NCC1(CC(C)C)CCC1. The maximum Gasteiger partial charge on any atom is 0.191 e. The Morgan fingerprint density at radius 3 is 2.48 bits per heavy atom. The molecule has 1 aromatic heterocycles. The second kappa shape index (κ2) is 10.3. The van der Waals surface area contributed by atoms with E-state index in [2.05, 4.69) is 65.4 Å². The van der Waals surface area contributed by atoms with Crippen LogP contribution in [0.4, 0.5) is 5.82 Å². The van der Waals surface area contributed by atoms with Gasteiger partial charge >= 0.3 is 0 Å². The monoisotopic (exact) mass is 400 g/mol. The number of nitrogens with zero attached hydrogens (tertiary/aromatic N) is 4. The Hall–Kier alpha value is -1.82. The molecule has 162 valence electrons. The Balaban J connectivity index is 1.54. The van der Waals surface area contributed by atoms with Gasteiger partial charge in [0.1, 0.15) is 5.82 Å². The summed E-state index contributed by atoms with van der Waals surface area (Å²) < 4.78 is 0. The molecule has 0 amide bonds. The van der Waals surface area contributed by atoms with Crippen LogP contribution in [-0.4, -0.2) is 62.2 Å². The third-order valence-corrected chi connectivity index (χ3v) is 6.29. The van der Waals surface area contributed by atoms with Crippen LogP contribution in [0.15, 0.2) is 23.3 Å². The number of anilines is 1. The lowest BCUT2D eigenvalue weighted by Gasteiger charge is -2.43. The van der Waals surface area contributed by atoms with E-state index in [0.717, 1.165) is 62.5 Å². The normalized spacial score (nSPS) is 19.9. The molecule has 1 saturated carbocycles. The second-order valence-corrected chi connectivity index (χ2v) is 9.32. The van der Waals surface area contributed by atoms with Crippen molar-refractivity contribution < 1.29 is 0 Å². The van der Waals surface area contributed by atoms with Gasteiger partial charge in [-0.1, -0.05) is 26.3 Å². The Morgan fingerprint density at radius 1 is 1.17 bits per heavy atom. The minimum atomic E-state index is 0.468. The van der Waals surface area contributed by atoms with Crippen LogP contribution in [0.3, 0.4) is 0 Å². The van der Waals surface area contributed by atoms with Crippen LogP contribution >= 0.6 is 0 Å². The van der Waals surface area contributed by atoms with Gasteiger partial charge in [0.25, 0.3) is 0 Å². The van der Waals surface area contributed by atoms with Crippen molar-refractivity contribution in [3.63, 3.8) is 0 Å². The molecule has 1 saturated heterocycles. The number of hydrogen-bond acceptors (Lipinski definition) is 4. The van der Waals surface area contributed by atoms with Crippen LogP contribution in [0, 0.1) is 11.3 Å². The summed E-state index contributed by atoms with van der Waals surface area (Å²) in [6.45, 7) is 13.6. The zero-order valence-corrected chi connectivity index (χ0v) is 18.9. The standard InChI is InChI=1S/C23H40N6/c1-5-24-22(27-18-23(9-6-10-23)15-19(2)3)26-17-20-7-8-21(25-16-20)29-13-11-28(4)12-14-29/h7-8,16,19H,5-6,9-15,17-18H2,1-4H3,(H2,24,26,27). The van der Waals surface area contributed by atoms with Crippen LogP contribution in [-0.2, 0) is 6.54 Å². The average molecular weight is 401 g/mol. The van der Waals surface area contributed by atoms with Crippen molar-refractivity contribution in [2.75, 3.05) is 51.2 Å². The summed E-state index contributed by atoms with van der Waals surface area (Å²) in [4.78, 5) is 14.2. The van der Waals surface area contributed by atoms with Gasteiger partial charge in [0.15, 0.2) is 5.96 Å². The average Bonchev–Trinajstić information content (AvgIpc) is 2.68. The van der Waals surface area contributed by atoms with E-state index in [4.69, 9.17) is 4.99 Å². The highest BCUT2D eigenvalue weighted by Gasteiger charge is 2.37. The smallest absolute Gasteiger partial charge is 0.191 e. The minimum absolute atomic E-state index is 0.468. The molecule has 2 heterocycles. The van der Waals surface area contributed by atoms with Gasteiger partial charge in [0.2, 0.25) is 0 Å². The van der Waals surface area contributed by atoms with Gasteiger partial charge in [-0.2, -0.15) is 0 Å². The van der Waals surface area contributed by atoms with Gasteiger partial charge in [0.05, 0.1) is 6.54 Å². The summed E-state index contributed by atoms with van der Waals surface area (Å²) in [6, 6.07) is 4.31. The third kappa shape index (κ3) is 6.33. The second-order valence-electron chi connectivity index (χ2n) is 9.32. The van der Waals surface area contributed by atoms with E-state index in [1.807, 2.05) is 6.20 Å². The fourth-order valence-corrected chi connectivity index (χ4v) is 4.51. The van der Waals surface area contributed by atoms with Gasteiger partial charge in [-0.3, -0.25) is 0 Å². The van der Waals surface area contributed by atoms with Crippen molar-refractivity contribution in [3.8, 4) is 0 Å². The molecule has 6 heteroatoms. The number of hydrogen-bond donors (Lipinski definition) is 2. The summed E-state index contributed by atoms with van der Waals surface area (Å²) in [5, 5.41) is 7.01. The number of piperazine rings is 1. The zero-order valence-electron chi connectivity index (χ0n) is 18.9. The molecule has 1 aliphatic heterocycles. The molecule has 2 aliphatic rings. The highest BCUT2D eigenvalue weighted by atomic mass is 15.3. The van der Waals surface area contributed by atoms with Crippen molar-refractivity contribution in [1.29, 1.82) is 0 Å². The molecule has 0 radical (unpaired) electrons. The number of rotatable bonds is 8. The fourth-order valence-electron chi connectivity index (χ4n) is 4.51. The number of guanidine groups is 1. The maximum absolute atomic E-state index is 4.81. The molecule has 1 aliphatic carbocycles. The fraction of sp³-hybridized carbons (Fsp3) is 0.739. The van der Waals surface area contributed by atoms with Crippen LogP contribution in [0.1, 0.15) is 52.0 Å². The predicted molar refractivity (Wildman–Crippen MR) is 123 cm³/mol. The number of aliphatic imine (C=N–C) groups is 1. The summed E-state index contributed by atoms with van der Waals surface area (Å²) >= 11 is 0. The molecule has 29 heavy (non-hydrogen) atoms. The van der Waals surface area contributed by atoms with Crippen LogP contribution in [0.5, 0.6) is 0 Å². The van der Waals surface area contributed by atoms with Crippen LogP contribution in [0.2, 0.25) is 0 Å². The first-order chi connectivity index (χ1) is 14.0. The Morgan fingerprint density at radius 2 is 1.93 bits per heavy atom. The zero-order chi connectivity index (χ0) is 20.7. The van der Waals surface area contributed by atoms with E-state index in [1.165, 1.54) is 25.7 Å². The predicted octanol–water partition coefficient (Wildman–Crippen LogP) is 3.10. The maximum atomic E-state index is 4.81. The third-order valence-electron chi connectivity index (χ3n) is 6.29. The first-order valence-electron chi connectivity index (χ1n) is 11.4. The summed E-state index contributed by atoms with van der Waals surface area (Å²) in [7, 11) is 2.18. The van der Waals surface area contributed by atoms with E-state index in [9.17, 15) is 0 Å². The number of likely N-dealkylation sites (N-methyl/N-ethyl adjacent to an activating group) is 1. The molecule has 0 aromatic carbocycles. The van der Waals surface area contributed by atoms with Gasteiger partial charge in [-0.25, -0.2) is 9.98 Å². The molecule has 0 unspecified atom stereocenters. The number of aromatic nitrogens is 1. The van der Waals surface area contributed by atoms with Crippen molar-refractivity contribution >= 4 is 11.8 Å². The van der Waals surface area contributed by atoms with Gasteiger partial charge in [-0.05, 0) is 56.2 Å². The van der Waals surface area contributed by atoms with E-state index >= 15 is 0 Å². The first kappa shape index (κ1) is 21.9. The molecule has 2 N–H and O–H groups in total. The Kier molecular flexibility index (Phi) is 7.76. The first-order valence-corrected chi connectivity index (χ1v) is 11.4. The lowest BCUT2D eigenvalue weighted by molar-refractivity contribution is 0.104. The molecule has 6 nitrogen and oxygen atoms in total. The lowest BCUT2D eigenvalue weighted by atomic mass is 9.64. The summed E-state index contributed by atoms with van der Waals surface area (Å²) in [5.41, 5.74) is 1.62. The number of pyridine rings is 1. The van der Waals surface area contributed by atoms with Crippen molar-refractivity contribution in [1.82, 2.24) is 20.5 Å². The van der Waals surface area contributed by atoms with Crippen LogP contribution in [0.25, 0.3) is 0 Å². The van der Waals surface area contributed by atoms with Crippen molar-refractivity contribution in [3.05, 3.63) is 23.9 Å². The molecule has 0 spiro atoms. The van der Waals surface area contributed by atoms with Crippen molar-refractivity contribution in [2.45, 2.75) is 53.0 Å². The molecule has 1 aromatic rings. The topological polar surface area (TPSA) is 55.8 Å². The van der Waals surface area contributed by atoms with E-state index in [0.29, 0.717) is 12.0 Å². The molecular formula is C23H40N6. The van der Waals surface area contributed by atoms with E-state index in [-0.39, 0.29) is 0 Å². The molecular weight excluding hydrogens is 360 g/mol. The number of nitrogens with one attached hydrogen (secondary N) is 2. The Labute approximate surface area is 177 Å². The quantitative estimate of drug-likeness (QED) is 0.519. The highest BCUT2D eigenvalue weighted by molar-refractivity contribution is 5.79. The van der Waals surface area contributed by atoms with Gasteiger partial charge in [-0.15, -0.1) is 0 Å². The minimum Gasteiger partial charge on any atom is -0.357 e. The van der Waals surface area contributed by atoms with Gasteiger partial charge < -0.3 is 20.4 Å². The molecule has 2 fully saturated rings. The molecule has 3 rings (SSSR count). The van der Waals surface area contributed by atoms with Gasteiger partial charge in [0, 0.05) is 45.5 Å². The van der Waals surface area contributed by atoms with Crippen molar-refractivity contribution in [2.24, 2.45) is 16.3 Å². The summed E-state index contributed by atoms with van der Waals surface area (Å²) in [6.07, 6.45) is 7.34. The lowest BCUT2D eigenvalue weighted by Crippen LogP contribution is -2.47. The summed E-state index contributed by atoms with van der Waals surface area (Å²) in [5.74, 6) is 2.75.